The van der Waals surface area contributed by atoms with E-state index < -0.39 is 0 Å². The zero-order chi connectivity index (χ0) is 20.5. The number of para-hydroxylation sites is 1. The Morgan fingerprint density at radius 3 is 2.46 bits per heavy atom. The lowest BCUT2D eigenvalue weighted by atomic mass is 9.92. The molecule has 2 aromatic heterocycles. The van der Waals surface area contributed by atoms with Gasteiger partial charge in [-0.25, -0.2) is 4.68 Å². The Morgan fingerprint density at radius 1 is 1.07 bits per heavy atom. The molecular weight excluding hydrogens is 348 g/mol. The molecule has 0 fully saturated rings. The van der Waals surface area contributed by atoms with Crippen LogP contribution in [0.25, 0.3) is 17.0 Å². The van der Waals surface area contributed by atoms with E-state index >= 15 is 0 Å². The molecule has 1 aromatic carbocycles. The van der Waals surface area contributed by atoms with Crippen LogP contribution in [0.15, 0.2) is 48.7 Å². The van der Waals surface area contributed by atoms with Gasteiger partial charge in [0, 0.05) is 34.7 Å². The fourth-order valence-corrected chi connectivity index (χ4v) is 2.94. The summed E-state index contributed by atoms with van der Waals surface area (Å²) in [6.45, 7) is 12.5. The molecule has 1 N–H and O–H groups in total. The first-order valence-electron chi connectivity index (χ1n) is 9.49. The van der Waals surface area contributed by atoms with Gasteiger partial charge in [-0.15, -0.1) is 0 Å². The van der Waals surface area contributed by atoms with Gasteiger partial charge in [0.15, 0.2) is 0 Å². The number of nitrogens with zero attached hydrogens (tertiary/aromatic N) is 3. The number of hydrogen-bond acceptors (Lipinski definition) is 3. The lowest BCUT2D eigenvalue weighted by molar-refractivity contribution is -0.111. The summed E-state index contributed by atoms with van der Waals surface area (Å²) in [5.41, 5.74) is 2.40. The lowest BCUT2D eigenvalue weighted by Crippen LogP contribution is -2.27. The van der Waals surface area contributed by atoms with Crippen molar-refractivity contribution >= 4 is 28.7 Å². The molecule has 28 heavy (non-hydrogen) atoms. The topological polar surface area (TPSA) is 59.8 Å². The van der Waals surface area contributed by atoms with Gasteiger partial charge in [-0.05, 0) is 32.9 Å². The van der Waals surface area contributed by atoms with Crippen molar-refractivity contribution in [3.63, 3.8) is 0 Å². The number of amides is 1. The monoisotopic (exact) mass is 376 g/mol. The highest BCUT2D eigenvalue weighted by Gasteiger charge is 2.25. The quantitative estimate of drug-likeness (QED) is 0.644. The van der Waals surface area contributed by atoms with Crippen molar-refractivity contribution in [3.8, 4) is 0 Å². The molecule has 0 saturated heterocycles. The lowest BCUT2D eigenvalue weighted by Gasteiger charge is -2.22. The predicted octanol–water partition coefficient (Wildman–Crippen LogP) is 5.14. The smallest absolute Gasteiger partial charge is 0.249 e. The number of aromatic nitrogens is 3. The van der Waals surface area contributed by atoms with Gasteiger partial charge in [0.25, 0.3) is 0 Å². The molecule has 5 nitrogen and oxygen atoms in total. The number of fused-ring (bicyclic) bond motifs is 1. The number of carbonyl (C=O) groups excluding carboxylic acids is 1. The van der Waals surface area contributed by atoms with E-state index in [0.29, 0.717) is 5.82 Å². The average Bonchev–Trinajstić information content (AvgIpc) is 3.04. The maximum Gasteiger partial charge on any atom is 0.249 e. The molecule has 5 heteroatoms. The molecule has 146 valence electrons. The van der Waals surface area contributed by atoms with Crippen LogP contribution in [0.4, 0.5) is 5.82 Å². The first-order chi connectivity index (χ1) is 13.1. The van der Waals surface area contributed by atoms with Crippen molar-refractivity contribution in [2.45, 2.75) is 52.5 Å². The molecule has 0 bridgehead atoms. The van der Waals surface area contributed by atoms with E-state index in [9.17, 15) is 4.79 Å². The van der Waals surface area contributed by atoms with Crippen molar-refractivity contribution in [2.75, 3.05) is 5.32 Å². The standard InChI is InChI=1S/C23H28N4O/c1-22(2,3)18-15-19(27(26-18)23(4,5)6)25-20(28)13-12-17-10-7-9-16-11-8-14-24-21(16)17/h7-15H,1-6H3,(H,25,28)/b13-12+. The SMILES string of the molecule is CC(C)(C)c1cc(NC(=O)/C=C/c2cccc3cccnc23)n(C(C)(C)C)n1. The van der Waals surface area contributed by atoms with E-state index in [2.05, 4.69) is 51.8 Å². The molecule has 0 aliphatic carbocycles. The van der Waals surface area contributed by atoms with E-state index in [0.717, 1.165) is 22.2 Å². The molecule has 3 rings (SSSR count). The predicted molar refractivity (Wildman–Crippen MR) is 115 cm³/mol. The van der Waals surface area contributed by atoms with Crippen molar-refractivity contribution < 1.29 is 4.79 Å². The fourth-order valence-electron chi connectivity index (χ4n) is 2.94. The minimum absolute atomic E-state index is 0.0968. The van der Waals surface area contributed by atoms with Gasteiger partial charge in [0.05, 0.1) is 16.7 Å². The summed E-state index contributed by atoms with van der Waals surface area (Å²) in [6.07, 6.45) is 5.10. The van der Waals surface area contributed by atoms with Crippen molar-refractivity contribution in [1.82, 2.24) is 14.8 Å². The van der Waals surface area contributed by atoms with Gasteiger partial charge in [0.2, 0.25) is 5.91 Å². The maximum absolute atomic E-state index is 12.6. The molecule has 3 aromatic rings. The van der Waals surface area contributed by atoms with Crippen LogP contribution < -0.4 is 5.32 Å². The molecule has 0 spiro atoms. The van der Waals surface area contributed by atoms with Crippen molar-refractivity contribution in [1.29, 1.82) is 0 Å². The highest BCUT2D eigenvalue weighted by atomic mass is 16.1. The molecule has 1 amide bonds. The minimum Gasteiger partial charge on any atom is -0.307 e. The van der Waals surface area contributed by atoms with Gasteiger partial charge >= 0.3 is 0 Å². The largest absolute Gasteiger partial charge is 0.307 e. The average molecular weight is 377 g/mol. The number of rotatable bonds is 3. The Kier molecular flexibility index (Phi) is 5.11. The molecule has 0 radical (unpaired) electrons. The fraction of sp³-hybridized carbons (Fsp3) is 0.348. The normalized spacial score (nSPS) is 12.6. The summed E-state index contributed by atoms with van der Waals surface area (Å²) in [7, 11) is 0. The number of anilines is 1. The van der Waals surface area contributed by atoms with Gasteiger partial charge in [-0.2, -0.15) is 5.10 Å². The minimum atomic E-state index is -0.241. The Morgan fingerprint density at radius 2 is 1.79 bits per heavy atom. The second-order valence-corrected chi connectivity index (χ2v) is 8.99. The highest BCUT2D eigenvalue weighted by molar-refractivity contribution is 6.02. The Hall–Kier alpha value is -2.95. The maximum atomic E-state index is 12.6. The summed E-state index contributed by atoms with van der Waals surface area (Å²) in [5, 5.41) is 8.76. The third-order valence-electron chi connectivity index (χ3n) is 4.44. The van der Waals surface area contributed by atoms with Crippen LogP contribution in [0.2, 0.25) is 0 Å². The Balaban J connectivity index is 1.87. The summed E-state index contributed by atoms with van der Waals surface area (Å²) in [6, 6.07) is 11.8. The van der Waals surface area contributed by atoms with Crippen molar-refractivity contribution in [2.24, 2.45) is 0 Å². The molecular formula is C23H28N4O. The molecule has 2 heterocycles. The summed E-state index contributed by atoms with van der Waals surface area (Å²) in [5.74, 6) is 0.502. The van der Waals surface area contributed by atoms with E-state index in [1.165, 1.54) is 0 Å². The van der Waals surface area contributed by atoms with Crippen LogP contribution in [0, 0.1) is 0 Å². The van der Waals surface area contributed by atoms with Crippen LogP contribution in [-0.2, 0) is 15.7 Å². The number of benzene rings is 1. The van der Waals surface area contributed by atoms with Crippen LogP contribution in [-0.4, -0.2) is 20.7 Å². The van der Waals surface area contributed by atoms with E-state index in [1.807, 2.05) is 41.1 Å². The number of nitrogens with one attached hydrogen (secondary N) is 1. The van der Waals surface area contributed by atoms with Gasteiger partial charge in [-0.1, -0.05) is 45.0 Å². The zero-order valence-electron chi connectivity index (χ0n) is 17.4. The van der Waals surface area contributed by atoms with E-state index in [1.54, 1.807) is 18.3 Å². The van der Waals surface area contributed by atoms with Crippen LogP contribution in [0.1, 0.15) is 52.8 Å². The summed E-state index contributed by atoms with van der Waals surface area (Å²) < 4.78 is 1.87. The number of carbonyl (C=O) groups is 1. The van der Waals surface area contributed by atoms with Crippen LogP contribution in [0.5, 0.6) is 0 Å². The molecule has 0 atom stereocenters. The van der Waals surface area contributed by atoms with Crippen LogP contribution in [0.3, 0.4) is 0 Å². The van der Waals surface area contributed by atoms with E-state index in [-0.39, 0.29) is 16.9 Å². The highest BCUT2D eigenvalue weighted by Crippen LogP contribution is 2.28. The third-order valence-corrected chi connectivity index (χ3v) is 4.44. The van der Waals surface area contributed by atoms with Crippen molar-refractivity contribution in [3.05, 3.63) is 59.9 Å². The van der Waals surface area contributed by atoms with Gasteiger partial charge in [-0.3, -0.25) is 9.78 Å². The third kappa shape index (κ3) is 4.30. The Labute approximate surface area is 166 Å². The van der Waals surface area contributed by atoms with Crippen LogP contribution >= 0.6 is 0 Å². The second kappa shape index (κ2) is 7.23. The summed E-state index contributed by atoms with van der Waals surface area (Å²) >= 11 is 0. The Bertz CT molecular complexity index is 1030. The molecule has 0 aliphatic rings. The molecule has 0 aliphatic heterocycles. The van der Waals surface area contributed by atoms with E-state index in [4.69, 9.17) is 5.10 Å². The molecule has 0 saturated carbocycles. The first-order valence-corrected chi connectivity index (χ1v) is 9.49. The number of pyridine rings is 1. The molecule has 0 unspecified atom stereocenters. The zero-order valence-corrected chi connectivity index (χ0v) is 17.4. The summed E-state index contributed by atoms with van der Waals surface area (Å²) in [4.78, 5) is 17.0. The van der Waals surface area contributed by atoms with Gasteiger partial charge in [0.1, 0.15) is 5.82 Å². The first kappa shape index (κ1) is 19.8. The number of hydrogen-bond donors (Lipinski definition) is 1. The second-order valence-electron chi connectivity index (χ2n) is 8.99. The van der Waals surface area contributed by atoms with Gasteiger partial charge < -0.3 is 5.32 Å².